The van der Waals surface area contributed by atoms with E-state index in [1.54, 1.807) is 0 Å². The van der Waals surface area contributed by atoms with E-state index in [4.69, 9.17) is 0 Å². The van der Waals surface area contributed by atoms with Crippen LogP contribution in [0.5, 0.6) is 0 Å². The van der Waals surface area contributed by atoms with E-state index >= 15 is 0 Å². The molecule has 2 aromatic carbocycles. The second kappa shape index (κ2) is 7.80. The summed E-state index contributed by atoms with van der Waals surface area (Å²) in [5, 5.41) is 8.37. The van der Waals surface area contributed by atoms with Crippen molar-refractivity contribution in [2.45, 2.75) is 26.3 Å². The van der Waals surface area contributed by atoms with Gasteiger partial charge in [-0.15, -0.1) is 5.10 Å². The summed E-state index contributed by atoms with van der Waals surface area (Å²) < 4.78 is 4.06. The van der Waals surface area contributed by atoms with Crippen molar-refractivity contribution >= 4 is 11.0 Å². The van der Waals surface area contributed by atoms with E-state index in [-0.39, 0.29) is 6.04 Å². The van der Waals surface area contributed by atoms with Gasteiger partial charge in [-0.2, -0.15) is 0 Å². The lowest BCUT2D eigenvalue weighted by atomic mass is 10.0. The first-order chi connectivity index (χ1) is 15.1. The molecule has 0 N–H and O–H groups in total. The van der Waals surface area contributed by atoms with Gasteiger partial charge < -0.3 is 4.57 Å². The van der Waals surface area contributed by atoms with Crippen LogP contribution < -0.4 is 0 Å². The lowest BCUT2D eigenvalue weighted by Gasteiger charge is -2.20. The van der Waals surface area contributed by atoms with Gasteiger partial charge in [0.25, 0.3) is 0 Å². The van der Waals surface area contributed by atoms with Gasteiger partial charge in [0.1, 0.15) is 0 Å². The first kappa shape index (κ1) is 19.2. The minimum absolute atomic E-state index is 0.0370. The first-order valence-electron chi connectivity index (χ1n) is 10.4. The first-order valence-corrected chi connectivity index (χ1v) is 10.4. The number of imidazole rings is 1. The van der Waals surface area contributed by atoms with Crippen molar-refractivity contribution < 1.29 is 0 Å². The van der Waals surface area contributed by atoms with Crippen LogP contribution in [0.1, 0.15) is 28.6 Å². The van der Waals surface area contributed by atoms with Gasteiger partial charge in [-0.3, -0.25) is 4.98 Å². The molecule has 0 bridgehead atoms. The number of aromatic nitrogens is 6. The fraction of sp³-hybridized carbons (Fsp3) is 0.200. The van der Waals surface area contributed by atoms with Gasteiger partial charge in [-0.25, -0.2) is 9.67 Å². The molecular formula is C25H24N6. The predicted molar refractivity (Wildman–Crippen MR) is 122 cm³/mol. The molecule has 6 nitrogen and oxygen atoms in total. The molecule has 3 aromatic heterocycles. The number of benzene rings is 2. The van der Waals surface area contributed by atoms with E-state index < -0.39 is 0 Å². The summed E-state index contributed by atoms with van der Waals surface area (Å²) in [6.07, 6.45) is 4.61. The Morgan fingerprint density at radius 1 is 0.935 bits per heavy atom. The zero-order chi connectivity index (χ0) is 21.4. The lowest BCUT2D eigenvalue weighted by Crippen LogP contribution is -2.14. The van der Waals surface area contributed by atoms with Gasteiger partial charge in [0, 0.05) is 18.8 Å². The Hall–Kier alpha value is -3.80. The molecule has 0 fully saturated rings. The van der Waals surface area contributed by atoms with E-state index in [2.05, 4.69) is 80.3 Å². The molecule has 5 aromatic rings. The molecule has 6 heteroatoms. The monoisotopic (exact) mass is 408 g/mol. The highest BCUT2D eigenvalue weighted by Crippen LogP contribution is 2.30. The van der Waals surface area contributed by atoms with Crippen LogP contribution in [-0.2, 0) is 13.5 Å². The van der Waals surface area contributed by atoms with Crippen molar-refractivity contribution in [3.05, 3.63) is 95.7 Å². The third-order valence-corrected chi connectivity index (χ3v) is 5.76. The van der Waals surface area contributed by atoms with E-state index in [0.29, 0.717) is 0 Å². The van der Waals surface area contributed by atoms with E-state index in [0.717, 1.165) is 40.1 Å². The highest BCUT2D eigenvalue weighted by molar-refractivity contribution is 5.82. The van der Waals surface area contributed by atoms with Gasteiger partial charge in [-0.05, 0) is 50.1 Å². The van der Waals surface area contributed by atoms with Crippen LogP contribution in [0.4, 0.5) is 0 Å². The van der Waals surface area contributed by atoms with Gasteiger partial charge in [0.2, 0.25) is 0 Å². The predicted octanol–water partition coefficient (Wildman–Crippen LogP) is 4.68. The average molecular weight is 409 g/mol. The van der Waals surface area contributed by atoms with Crippen LogP contribution in [0.25, 0.3) is 22.3 Å². The van der Waals surface area contributed by atoms with E-state index in [9.17, 15) is 0 Å². The molecule has 0 aliphatic carbocycles. The summed E-state index contributed by atoms with van der Waals surface area (Å²) in [4.78, 5) is 9.37. The van der Waals surface area contributed by atoms with Crippen LogP contribution in [0.2, 0.25) is 0 Å². The van der Waals surface area contributed by atoms with Crippen LogP contribution in [0.15, 0.2) is 73.2 Å². The van der Waals surface area contributed by atoms with Crippen LogP contribution >= 0.6 is 0 Å². The number of hydrogen-bond donors (Lipinski definition) is 0. The summed E-state index contributed by atoms with van der Waals surface area (Å²) >= 11 is 0. The molecule has 154 valence electrons. The molecule has 0 aliphatic heterocycles. The Morgan fingerprint density at radius 3 is 2.48 bits per heavy atom. The van der Waals surface area contributed by atoms with Gasteiger partial charge in [0.15, 0.2) is 0 Å². The Bertz CT molecular complexity index is 1310. The third-order valence-electron chi connectivity index (χ3n) is 5.76. The summed E-state index contributed by atoms with van der Waals surface area (Å²) in [7, 11) is 1.92. The second-order valence-corrected chi connectivity index (χ2v) is 7.96. The Kier molecular flexibility index (Phi) is 4.82. The van der Waals surface area contributed by atoms with Crippen molar-refractivity contribution in [3.8, 4) is 11.3 Å². The second-order valence-electron chi connectivity index (χ2n) is 7.96. The van der Waals surface area contributed by atoms with Crippen LogP contribution in [-0.4, -0.2) is 29.5 Å². The van der Waals surface area contributed by atoms with Crippen molar-refractivity contribution in [1.29, 1.82) is 0 Å². The van der Waals surface area contributed by atoms with Crippen molar-refractivity contribution in [3.63, 3.8) is 0 Å². The van der Waals surface area contributed by atoms with Crippen molar-refractivity contribution in [1.82, 2.24) is 29.5 Å². The lowest BCUT2D eigenvalue weighted by molar-refractivity contribution is 0.580. The molecule has 0 aliphatic rings. The SMILES string of the molecule is Cc1ccc(CC(c2ccccn2)n2cnc3ccc(-c4c(C)nnn4C)cc32)cc1. The smallest absolute Gasteiger partial charge is 0.0964 e. The third kappa shape index (κ3) is 3.61. The highest BCUT2D eigenvalue weighted by Gasteiger charge is 2.19. The fourth-order valence-electron chi connectivity index (χ4n) is 4.14. The zero-order valence-electron chi connectivity index (χ0n) is 17.9. The van der Waals surface area contributed by atoms with Gasteiger partial charge in [0.05, 0.1) is 40.5 Å². The van der Waals surface area contributed by atoms with Crippen LogP contribution in [0.3, 0.4) is 0 Å². The number of aryl methyl sites for hydroxylation is 3. The Morgan fingerprint density at radius 2 is 1.77 bits per heavy atom. The Balaban J connectivity index is 1.64. The molecule has 0 amide bonds. The maximum atomic E-state index is 4.69. The molecule has 1 unspecified atom stereocenters. The number of pyridine rings is 1. The maximum Gasteiger partial charge on any atom is 0.0964 e. The van der Waals surface area contributed by atoms with Crippen molar-refractivity contribution in [2.24, 2.45) is 7.05 Å². The van der Waals surface area contributed by atoms with E-state index in [1.165, 1.54) is 11.1 Å². The molecular weight excluding hydrogens is 384 g/mol. The quantitative estimate of drug-likeness (QED) is 0.424. The minimum Gasteiger partial charge on any atom is -0.321 e. The molecule has 0 spiro atoms. The minimum atomic E-state index is 0.0370. The number of nitrogens with zero attached hydrogens (tertiary/aromatic N) is 6. The number of hydrogen-bond acceptors (Lipinski definition) is 4. The molecule has 31 heavy (non-hydrogen) atoms. The largest absolute Gasteiger partial charge is 0.321 e. The Labute approximate surface area is 181 Å². The fourth-order valence-corrected chi connectivity index (χ4v) is 4.14. The summed E-state index contributed by atoms with van der Waals surface area (Å²) in [6.45, 7) is 4.10. The molecule has 0 saturated carbocycles. The zero-order valence-corrected chi connectivity index (χ0v) is 17.9. The maximum absolute atomic E-state index is 4.69. The molecule has 0 radical (unpaired) electrons. The molecule has 1 atom stereocenters. The van der Waals surface area contributed by atoms with Crippen molar-refractivity contribution in [2.75, 3.05) is 0 Å². The molecule has 0 saturated heterocycles. The standard InChI is InChI=1S/C25H24N6/c1-17-7-9-19(10-8-17)14-23(21-6-4-5-13-26-21)31-16-27-22-12-11-20(15-24(22)31)25-18(2)28-29-30(25)3/h4-13,15-16,23H,14H2,1-3H3. The number of fused-ring (bicyclic) bond motifs is 1. The number of rotatable bonds is 5. The summed E-state index contributed by atoms with van der Waals surface area (Å²) in [5.74, 6) is 0. The van der Waals surface area contributed by atoms with Gasteiger partial charge in [-0.1, -0.05) is 47.2 Å². The summed E-state index contributed by atoms with van der Waals surface area (Å²) in [6, 6.07) is 21.2. The topological polar surface area (TPSA) is 61.4 Å². The average Bonchev–Trinajstić information content (AvgIpc) is 3.36. The van der Waals surface area contributed by atoms with Crippen LogP contribution in [0, 0.1) is 13.8 Å². The highest BCUT2D eigenvalue weighted by atomic mass is 15.4. The van der Waals surface area contributed by atoms with E-state index in [1.807, 2.05) is 43.3 Å². The molecule has 3 heterocycles. The normalized spacial score (nSPS) is 12.4. The van der Waals surface area contributed by atoms with Gasteiger partial charge >= 0.3 is 0 Å². The molecule has 5 rings (SSSR count). The summed E-state index contributed by atoms with van der Waals surface area (Å²) in [5.41, 5.74) is 8.58.